The molecular weight excluding hydrogens is 262 g/mol. The largest absolute Gasteiger partial charge is 0.375 e. The summed E-state index contributed by atoms with van der Waals surface area (Å²) in [6.07, 6.45) is 3.38. The van der Waals surface area contributed by atoms with Crippen LogP contribution in [0, 0.1) is 11.3 Å². The highest BCUT2D eigenvalue weighted by Crippen LogP contribution is 2.22. The van der Waals surface area contributed by atoms with Crippen molar-refractivity contribution < 1.29 is 4.79 Å². The normalized spacial score (nSPS) is 14.8. The van der Waals surface area contributed by atoms with Crippen LogP contribution in [-0.4, -0.2) is 30.4 Å². The first-order chi connectivity index (χ1) is 9.20. The number of anilines is 1. The molecule has 1 aliphatic rings. The number of nitrogens with one attached hydrogen (secondary N) is 1. The van der Waals surface area contributed by atoms with Crippen molar-refractivity contribution in [3.05, 3.63) is 28.8 Å². The Morgan fingerprint density at radius 3 is 2.74 bits per heavy atom. The van der Waals surface area contributed by atoms with E-state index in [1.165, 1.54) is 6.42 Å². The average molecular weight is 278 g/mol. The predicted molar refractivity (Wildman–Crippen MR) is 75.1 cm³/mol. The van der Waals surface area contributed by atoms with Crippen molar-refractivity contribution >= 4 is 23.2 Å². The van der Waals surface area contributed by atoms with E-state index in [1.54, 1.807) is 18.2 Å². The van der Waals surface area contributed by atoms with E-state index in [0.29, 0.717) is 16.3 Å². The molecular formula is C14H16ClN3O. The van der Waals surface area contributed by atoms with Gasteiger partial charge in [0.2, 0.25) is 5.91 Å². The van der Waals surface area contributed by atoms with Gasteiger partial charge in [0.1, 0.15) is 0 Å². The van der Waals surface area contributed by atoms with Crippen LogP contribution in [0.3, 0.4) is 0 Å². The molecule has 0 spiro atoms. The molecule has 0 atom stereocenters. The molecule has 0 aliphatic carbocycles. The summed E-state index contributed by atoms with van der Waals surface area (Å²) in [5.41, 5.74) is 1.20. The van der Waals surface area contributed by atoms with Gasteiger partial charge in [0.05, 0.1) is 28.9 Å². The molecule has 5 heteroatoms. The van der Waals surface area contributed by atoms with E-state index < -0.39 is 0 Å². The quantitative estimate of drug-likeness (QED) is 0.924. The third-order valence-electron chi connectivity index (χ3n) is 3.24. The lowest BCUT2D eigenvalue weighted by molar-refractivity contribution is -0.130. The lowest BCUT2D eigenvalue weighted by Gasteiger charge is -2.27. The Morgan fingerprint density at radius 1 is 1.37 bits per heavy atom. The third-order valence-corrected chi connectivity index (χ3v) is 3.55. The van der Waals surface area contributed by atoms with Gasteiger partial charge in [0.15, 0.2) is 0 Å². The minimum atomic E-state index is 0.0973. The summed E-state index contributed by atoms with van der Waals surface area (Å²) in [7, 11) is 0. The number of carbonyl (C=O) groups is 1. The van der Waals surface area contributed by atoms with Crippen LogP contribution >= 0.6 is 11.6 Å². The number of likely N-dealkylation sites (tertiary alicyclic amines) is 1. The number of hydrogen-bond acceptors (Lipinski definition) is 3. The summed E-state index contributed by atoms with van der Waals surface area (Å²) in [5.74, 6) is 0.0973. The van der Waals surface area contributed by atoms with Crippen LogP contribution in [0.5, 0.6) is 0 Å². The fourth-order valence-electron chi connectivity index (χ4n) is 2.15. The van der Waals surface area contributed by atoms with E-state index >= 15 is 0 Å². The Morgan fingerprint density at radius 2 is 2.11 bits per heavy atom. The molecule has 0 bridgehead atoms. The molecule has 0 saturated carbocycles. The van der Waals surface area contributed by atoms with Crippen LogP contribution in [0.15, 0.2) is 18.2 Å². The Labute approximate surface area is 118 Å². The van der Waals surface area contributed by atoms with Gasteiger partial charge in [-0.3, -0.25) is 4.79 Å². The van der Waals surface area contributed by atoms with E-state index in [1.807, 2.05) is 11.0 Å². The number of carbonyl (C=O) groups excluding carboxylic acids is 1. The Balaban J connectivity index is 1.91. The Bertz CT molecular complexity index is 504. The van der Waals surface area contributed by atoms with Gasteiger partial charge in [-0.2, -0.15) is 5.26 Å². The second-order valence-corrected chi connectivity index (χ2v) is 5.01. The molecule has 1 aromatic carbocycles. The molecule has 1 aromatic rings. The number of hydrogen-bond donors (Lipinski definition) is 1. The van der Waals surface area contributed by atoms with Crippen molar-refractivity contribution in [3.63, 3.8) is 0 Å². The summed E-state index contributed by atoms with van der Waals surface area (Å²) >= 11 is 6.04. The first kappa shape index (κ1) is 13.7. The second-order valence-electron chi connectivity index (χ2n) is 4.60. The highest BCUT2D eigenvalue weighted by atomic mass is 35.5. The van der Waals surface area contributed by atoms with Crippen LogP contribution in [0.25, 0.3) is 0 Å². The predicted octanol–water partition coefficient (Wildman–Crippen LogP) is 2.64. The molecule has 1 heterocycles. The van der Waals surface area contributed by atoms with Crippen molar-refractivity contribution in [1.29, 1.82) is 5.26 Å². The summed E-state index contributed by atoms with van der Waals surface area (Å²) in [5, 5.41) is 12.2. The molecule has 1 fully saturated rings. The summed E-state index contributed by atoms with van der Waals surface area (Å²) in [4.78, 5) is 13.9. The van der Waals surface area contributed by atoms with Gasteiger partial charge in [-0.15, -0.1) is 0 Å². The number of piperidine rings is 1. The number of halogens is 1. The van der Waals surface area contributed by atoms with Gasteiger partial charge in [0, 0.05) is 13.1 Å². The van der Waals surface area contributed by atoms with E-state index in [2.05, 4.69) is 5.32 Å². The van der Waals surface area contributed by atoms with Crippen molar-refractivity contribution in [1.82, 2.24) is 4.90 Å². The smallest absolute Gasteiger partial charge is 0.241 e. The highest BCUT2D eigenvalue weighted by Gasteiger charge is 2.16. The van der Waals surface area contributed by atoms with Crippen molar-refractivity contribution in [2.45, 2.75) is 19.3 Å². The van der Waals surface area contributed by atoms with Crippen molar-refractivity contribution in [2.24, 2.45) is 0 Å². The fraction of sp³-hybridized carbons (Fsp3) is 0.429. The van der Waals surface area contributed by atoms with Gasteiger partial charge in [0.25, 0.3) is 0 Å². The molecule has 0 unspecified atom stereocenters. The van der Waals surface area contributed by atoms with Gasteiger partial charge in [-0.1, -0.05) is 11.6 Å². The molecule has 100 valence electrons. The zero-order valence-corrected chi connectivity index (χ0v) is 11.4. The molecule has 4 nitrogen and oxygen atoms in total. The van der Waals surface area contributed by atoms with Gasteiger partial charge in [-0.25, -0.2) is 0 Å². The monoisotopic (exact) mass is 277 g/mol. The first-order valence-corrected chi connectivity index (χ1v) is 6.80. The van der Waals surface area contributed by atoms with Gasteiger partial charge in [-0.05, 0) is 37.5 Å². The zero-order chi connectivity index (χ0) is 13.7. The molecule has 1 N–H and O–H groups in total. The Kier molecular flexibility index (Phi) is 4.64. The van der Waals surface area contributed by atoms with Crippen molar-refractivity contribution in [2.75, 3.05) is 25.0 Å². The fourth-order valence-corrected chi connectivity index (χ4v) is 2.40. The molecule has 0 radical (unpaired) electrons. The van der Waals surface area contributed by atoms with E-state index in [4.69, 9.17) is 16.9 Å². The van der Waals surface area contributed by atoms with Crippen molar-refractivity contribution in [3.8, 4) is 6.07 Å². The minimum absolute atomic E-state index is 0.0973. The van der Waals surface area contributed by atoms with E-state index in [9.17, 15) is 4.79 Å². The molecule has 1 aliphatic heterocycles. The maximum absolute atomic E-state index is 12.0. The SMILES string of the molecule is N#Cc1ccc(NCC(=O)N2CCCCC2)c(Cl)c1. The molecule has 2 rings (SSSR count). The van der Waals surface area contributed by atoms with Crippen LogP contribution in [0.4, 0.5) is 5.69 Å². The lowest BCUT2D eigenvalue weighted by Crippen LogP contribution is -2.39. The maximum Gasteiger partial charge on any atom is 0.241 e. The summed E-state index contributed by atoms with van der Waals surface area (Å²) in [6.45, 7) is 1.94. The highest BCUT2D eigenvalue weighted by molar-refractivity contribution is 6.33. The number of rotatable bonds is 3. The van der Waals surface area contributed by atoms with E-state index in [-0.39, 0.29) is 12.5 Å². The number of benzene rings is 1. The minimum Gasteiger partial charge on any atom is -0.375 e. The summed E-state index contributed by atoms with van der Waals surface area (Å²) in [6, 6.07) is 7.02. The number of nitrogens with zero attached hydrogens (tertiary/aromatic N) is 2. The topological polar surface area (TPSA) is 56.1 Å². The van der Waals surface area contributed by atoms with E-state index in [0.717, 1.165) is 25.9 Å². The standard InChI is InChI=1S/C14H16ClN3O/c15-12-8-11(9-16)4-5-13(12)17-10-14(19)18-6-2-1-3-7-18/h4-5,8,17H,1-3,6-7,10H2. The van der Waals surface area contributed by atoms with Crippen LogP contribution in [0.2, 0.25) is 5.02 Å². The Hall–Kier alpha value is -1.73. The second kappa shape index (κ2) is 6.44. The molecule has 1 amide bonds. The zero-order valence-electron chi connectivity index (χ0n) is 10.7. The summed E-state index contributed by atoms with van der Waals surface area (Å²) < 4.78 is 0. The molecule has 0 aromatic heterocycles. The number of amides is 1. The van der Waals surface area contributed by atoms with Gasteiger partial charge < -0.3 is 10.2 Å². The number of nitriles is 1. The molecule has 19 heavy (non-hydrogen) atoms. The van der Waals surface area contributed by atoms with Crippen LogP contribution in [-0.2, 0) is 4.79 Å². The first-order valence-electron chi connectivity index (χ1n) is 6.42. The van der Waals surface area contributed by atoms with Crippen LogP contribution in [0.1, 0.15) is 24.8 Å². The molecule has 1 saturated heterocycles. The van der Waals surface area contributed by atoms with Gasteiger partial charge >= 0.3 is 0 Å². The lowest BCUT2D eigenvalue weighted by atomic mass is 10.1. The van der Waals surface area contributed by atoms with Crippen LogP contribution < -0.4 is 5.32 Å². The third kappa shape index (κ3) is 3.62. The maximum atomic E-state index is 12.0. The average Bonchev–Trinajstić information content (AvgIpc) is 2.46.